The Hall–Kier alpha value is -2.76. The molecule has 1 saturated heterocycles. The maximum Gasteiger partial charge on any atom is 0.252 e. The fourth-order valence-corrected chi connectivity index (χ4v) is 4.89. The van der Waals surface area contributed by atoms with Gasteiger partial charge < -0.3 is 24.3 Å². The number of nitriles is 1. The zero-order valence-electron chi connectivity index (χ0n) is 20.9. The fraction of sp³-hybridized carbons (Fsp3) is 0.500. The standard InChI is InChI=1S/C28H34N2O5/c1-5-30-26(31)28(33-18-22-9-7-6-8-21(22)16-29)14-23(25-24(15-28)34-27(3,4)35-25)32-17-20-12-10-19(2)11-13-20/h6-13,23-25H,5,14-15,17-18H2,1-4H3,(H,30,31)/t23?,24-,25+,28-/m1/s1. The zero-order valence-corrected chi connectivity index (χ0v) is 20.9. The maximum absolute atomic E-state index is 13.4. The third-order valence-electron chi connectivity index (χ3n) is 6.63. The second-order valence-electron chi connectivity index (χ2n) is 9.79. The van der Waals surface area contributed by atoms with Gasteiger partial charge in [0.15, 0.2) is 11.4 Å². The molecule has 4 rings (SSSR count). The van der Waals surface area contributed by atoms with Crippen LogP contribution in [-0.4, -0.2) is 42.2 Å². The summed E-state index contributed by atoms with van der Waals surface area (Å²) in [5.74, 6) is -0.990. The first-order valence-electron chi connectivity index (χ1n) is 12.2. The molecule has 1 saturated carbocycles. The van der Waals surface area contributed by atoms with Crippen LogP contribution in [0.25, 0.3) is 0 Å². The van der Waals surface area contributed by atoms with Gasteiger partial charge in [-0.2, -0.15) is 5.26 Å². The fourth-order valence-electron chi connectivity index (χ4n) is 4.89. The number of nitrogens with zero attached hydrogens (tertiary/aromatic N) is 1. The Balaban J connectivity index is 1.61. The van der Waals surface area contributed by atoms with Crippen molar-refractivity contribution in [2.45, 2.75) is 83.5 Å². The van der Waals surface area contributed by atoms with E-state index in [4.69, 9.17) is 18.9 Å². The van der Waals surface area contributed by atoms with E-state index in [1.54, 1.807) is 6.07 Å². The lowest BCUT2D eigenvalue weighted by Gasteiger charge is -2.43. The third kappa shape index (κ3) is 5.74. The maximum atomic E-state index is 13.4. The first-order valence-corrected chi connectivity index (χ1v) is 12.2. The Morgan fingerprint density at radius 3 is 2.57 bits per heavy atom. The summed E-state index contributed by atoms with van der Waals surface area (Å²) in [5, 5.41) is 12.4. The highest BCUT2D eigenvalue weighted by Gasteiger charge is 2.58. The molecule has 0 bridgehead atoms. The minimum absolute atomic E-state index is 0.132. The van der Waals surface area contributed by atoms with Gasteiger partial charge in [0.25, 0.3) is 5.91 Å². The van der Waals surface area contributed by atoms with E-state index >= 15 is 0 Å². The number of ether oxygens (including phenoxy) is 4. The first-order chi connectivity index (χ1) is 16.7. The number of carbonyl (C=O) groups excluding carboxylic acids is 1. The van der Waals surface area contributed by atoms with Gasteiger partial charge in [-0.05, 0) is 44.9 Å². The third-order valence-corrected chi connectivity index (χ3v) is 6.63. The summed E-state index contributed by atoms with van der Waals surface area (Å²) >= 11 is 0. The van der Waals surface area contributed by atoms with Gasteiger partial charge in [-0.1, -0.05) is 48.0 Å². The lowest BCUT2D eigenvalue weighted by molar-refractivity contribution is -0.183. The molecule has 1 heterocycles. The second-order valence-corrected chi connectivity index (χ2v) is 9.79. The second kappa shape index (κ2) is 10.5. The number of amides is 1. The topological polar surface area (TPSA) is 89.8 Å². The van der Waals surface area contributed by atoms with Gasteiger partial charge in [-0.15, -0.1) is 0 Å². The van der Waals surface area contributed by atoms with Crippen LogP contribution < -0.4 is 5.32 Å². The van der Waals surface area contributed by atoms with E-state index < -0.39 is 17.5 Å². The first kappa shape index (κ1) is 25.3. The van der Waals surface area contributed by atoms with Gasteiger partial charge in [0.05, 0.1) is 37.1 Å². The number of hydrogen-bond donors (Lipinski definition) is 1. The van der Waals surface area contributed by atoms with Crippen molar-refractivity contribution in [3.63, 3.8) is 0 Å². The number of nitrogens with one attached hydrogen (secondary N) is 1. The molecular formula is C28H34N2O5. The van der Waals surface area contributed by atoms with Crippen LogP contribution in [0.4, 0.5) is 0 Å². The predicted molar refractivity (Wildman–Crippen MR) is 130 cm³/mol. The zero-order chi connectivity index (χ0) is 25.1. The lowest BCUT2D eigenvalue weighted by atomic mass is 9.78. The number of likely N-dealkylation sites (N-methyl/N-ethyl adjacent to an activating group) is 1. The van der Waals surface area contributed by atoms with E-state index in [1.165, 1.54) is 5.56 Å². The molecule has 0 aromatic heterocycles. The van der Waals surface area contributed by atoms with Crippen molar-refractivity contribution < 1.29 is 23.7 Å². The van der Waals surface area contributed by atoms with Crippen LogP contribution in [0.5, 0.6) is 0 Å². The molecule has 186 valence electrons. The van der Waals surface area contributed by atoms with Crippen molar-refractivity contribution in [2.24, 2.45) is 0 Å². The number of benzene rings is 2. The Morgan fingerprint density at radius 2 is 1.86 bits per heavy atom. The van der Waals surface area contributed by atoms with Gasteiger partial charge in [0.2, 0.25) is 0 Å². The van der Waals surface area contributed by atoms with Crippen molar-refractivity contribution in [2.75, 3.05) is 6.54 Å². The van der Waals surface area contributed by atoms with E-state index in [1.807, 2.05) is 58.0 Å². The molecule has 7 heteroatoms. The Labute approximate surface area is 207 Å². The van der Waals surface area contributed by atoms with Gasteiger partial charge >= 0.3 is 0 Å². The monoisotopic (exact) mass is 478 g/mol. The van der Waals surface area contributed by atoms with Crippen LogP contribution in [0.1, 0.15) is 55.9 Å². The summed E-state index contributed by atoms with van der Waals surface area (Å²) in [5.41, 5.74) is 2.31. The highest BCUT2D eigenvalue weighted by Crippen LogP contribution is 2.44. The molecule has 1 aliphatic heterocycles. The van der Waals surface area contributed by atoms with E-state index in [-0.39, 0.29) is 24.7 Å². The summed E-state index contributed by atoms with van der Waals surface area (Å²) in [6.45, 7) is 8.68. The van der Waals surface area contributed by atoms with Crippen LogP contribution in [-0.2, 0) is 37.0 Å². The van der Waals surface area contributed by atoms with E-state index in [0.29, 0.717) is 31.6 Å². The molecule has 4 atom stereocenters. The van der Waals surface area contributed by atoms with Crippen molar-refractivity contribution in [1.82, 2.24) is 5.32 Å². The Morgan fingerprint density at radius 1 is 1.11 bits per heavy atom. The predicted octanol–water partition coefficient (Wildman–Crippen LogP) is 4.16. The Kier molecular flexibility index (Phi) is 7.58. The van der Waals surface area contributed by atoms with Crippen molar-refractivity contribution in [1.29, 1.82) is 5.26 Å². The van der Waals surface area contributed by atoms with Crippen LogP contribution in [0.3, 0.4) is 0 Å². The van der Waals surface area contributed by atoms with Gasteiger partial charge in [-0.25, -0.2) is 0 Å². The molecule has 1 N–H and O–H groups in total. The summed E-state index contributed by atoms with van der Waals surface area (Å²) in [6.07, 6.45) is -0.430. The normalized spacial score (nSPS) is 27.1. The van der Waals surface area contributed by atoms with Gasteiger partial charge in [0.1, 0.15) is 6.10 Å². The molecule has 0 radical (unpaired) electrons. The minimum atomic E-state index is -1.18. The SMILES string of the molecule is CCNC(=O)[C@@]1(OCc2ccccc2C#N)CC(OCc2ccc(C)cc2)[C@@H]2OC(C)(C)O[C@@H]2C1. The summed E-state index contributed by atoms with van der Waals surface area (Å²) < 4.78 is 25.2. The number of fused-ring (bicyclic) bond motifs is 1. The van der Waals surface area contributed by atoms with Crippen molar-refractivity contribution in [3.05, 3.63) is 70.8 Å². The van der Waals surface area contributed by atoms with Crippen LogP contribution in [0.2, 0.25) is 0 Å². The molecular weight excluding hydrogens is 444 g/mol. The molecule has 2 aromatic rings. The molecule has 2 aromatic carbocycles. The van der Waals surface area contributed by atoms with Crippen molar-refractivity contribution >= 4 is 5.91 Å². The molecule has 0 spiro atoms. The molecule has 1 amide bonds. The number of rotatable bonds is 8. The van der Waals surface area contributed by atoms with E-state index in [0.717, 1.165) is 11.1 Å². The quantitative estimate of drug-likeness (QED) is 0.613. The van der Waals surface area contributed by atoms with Crippen LogP contribution in [0, 0.1) is 18.3 Å². The van der Waals surface area contributed by atoms with E-state index in [2.05, 4.69) is 23.5 Å². The van der Waals surface area contributed by atoms with E-state index in [9.17, 15) is 10.1 Å². The van der Waals surface area contributed by atoms with Gasteiger partial charge in [0, 0.05) is 19.4 Å². The molecule has 2 aliphatic rings. The lowest BCUT2D eigenvalue weighted by Crippen LogP contribution is -2.60. The summed E-state index contributed by atoms with van der Waals surface area (Å²) in [4.78, 5) is 13.4. The molecule has 35 heavy (non-hydrogen) atoms. The highest BCUT2D eigenvalue weighted by molar-refractivity contribution is 5.85. The minimum Gasteiger partial charge on any atom is -0.371 e. The largest absolute Gasteiger partial charge is 0.371 e. The molecule has 7 nitrogen and oxygen atoms in total. The molecule has 1 unspecified atom stereocenters. The number of carbonyl (C=O) groups is 1. The van der Waals surface area contributed by atoms with Crippen LogP contribution in [0.15, 0.2) is 48.5 Å². The smallest absolute Gasteiger partial charge is 0.252 e. The number of hydrogen-bond acceptors (Lipinski definition) is 6. The molecule has 1 aliphatic carbocycles. The summed E-state index contributed by atoms with van der Waals surface area (Å²) in [6, 6.07) is 17.6. The van der Waals surface area contributed by atoms with Crippen molar-refractivity contribution in [3.8, 4) is 6.07 Å². The number of aryl methyl sites for hydroxylation is 1. The average molecular weight is 479 g/mol. The van der Waals surface area contributed by atoms with Gasteiger partial charge in [-0.3, -0.25) is 4.79 Å². The Bertz CT molecular complexity index is 1080. The molecule has 2 fully saturated rings. The summed E-state index contributed by atoms with van der Waals surface area (Å²) in [7, 11) is 0. The highest BCUT2D eigenvalue weighted by atomic mass is 16.8. The average Bonchev–Trinajstić information content (AvgIpc) is 3.16. The van der Waals surface area contributed by atoms with Crippen LogP contribution >= 0.6 is 0 Å².